The lowest BCUT2D eigenvalue weighted by Crippen LogP contribution is -2.16. The van der Waals surface area contributed by atoms with Crippen molar-refractivity contribution in [3.8, 4) is 0 Å². The van der Waals surface area contributed by atoms with Gasteiger partial charge in [-0.15, -0.1) is 0 Å². The molecular weight excluding hydrogens is 394 g/mol. The molecule has 0 atom stereocenters. The Morgan fingerprint density at radius 3 is 2.37 bits per heavy atom. The van der Waals surface area contributed by atoms with Gasteiger partial charge in [0.25, 0.3) is 5.91 Å². The molecule has 7 nitrogen and oxygen atoms in total. The van der Waals surface area contributed by atoms with E-state index in [-0.39, 0.29) is 17.7 Å². The number of esters is 1. The lowest BCUT2D eigenvalue weighted by Gasteiger charge is -2.13. The Morgan fingerprint density at radius 2 is 1.77 bits per heavy atom. The van der Waals surface area contributed by atoms with Crippen LogP contribution in [0.25, 0.3) is 0 Å². The second-order valence-corrected chi connectivity index (χ2v) is 6.35. The van der Waals surface area contributed by atoms with Crippen LogP contribution < -0.4 is 11.1 Å². The van der Waals surface area contributed by atoms with Crippen molar-refractivity contribution in [3.63, 3.8) is 0 Å². The second-order valence-electron chi connectivity index (χ2n) is 6.35. The van der Waals surface area contributed by atoms with Crippen LogP contribution >= 0.6 is 0 Å². The number of ether oxygens (including phenoxy) is 1. The summed E-state index contributed by atoms with van der Waals surface area (Å²) >= 11 is 0. The van der Waals surface area contributed by atoms with Crippen molar-refractivity contribution in [2.24, 2.45) is 5.73 Å². The van der Waals surface area contributed by atoms with E-state index in [0.717, 1.165) is 12.1 Å². The molecule has 0 saturated heterocycles. The highest BCUT2D eigenvalue weighted by molar-refractivity contribution is 5.98. The number of halogens is 2. The predicted octanol–water partition coefficient (Wildman–Crippen LogP) is 2.84. The lowest BCUT2D eigenvalue weighted by molar-refractivity contribution is 0.0600. The molecule has 2 aromatic heterocycles. The van der Waals surface area contributed by atoms with E-state index in [0.29, 0.717) is 29.1 Å². The lowest BCUT2D eigenvalue weighted by atomic mass is 10.1. The zero-order chi connectivity index (χ0) is 21.7. The fourth-order valence-corrected chi connectivity index (χ4v) is 2.78. The number of amides is 1. The number of benzene rings is 1. The fourth-order valence-electron chi connectivity index (χ4n) is 2.78. The molecule has 154 valence electrons. The molecule has 0 fully saturated rings. The average Bonchev–Trinajstić information content (AvgIpc) is 2.73. The number of hydrogen-bond donors (Lipinski definition) is 2. The van der Waals surface area contributed by atoms with E-state index < -0.39 is 23.5 Å². The Hall–Kier alpha value is -3.88. The van der Waals surface area contributed by atoms with Gasteiger partial charge in [0.1, 0.15) is 11.6 Å². The molecule has 0 saturated carbocycles. The quantitative estimate of drug-likeness (QED) is 0.578. The van der Waals surface area contributed by atoms with Crippen molar-refractivity contribution in [1.29, 1.82) is 0 Å². The largest absolute Gasteiger partial charge is 0.465 e. The van der Waals surface area contributed by atoms with Crippen LogP contribution in [0.2, 0.25) is 0 Å². The number of nitrogens with two attached hydrogens (primary N) is 1. The number of nitrogens with zero attached hydrogens (tertiary/aromatic N) is 2. The van der Waals surface area contributed by atoms with Gasteiger partial charge in [0.05, 0.1) is 23.9 Å². The normalized spacial score (nSPS) is 10.5. The number of hydrogen-bond acceptors (Lipinski definition) is 6. The van der Waals surface area contributed by atoms with Crippen molar-refractivity contribution in [2.45, 2.75) is 13.0 Å². The standard InChI is InChI=1S/C21H18F2N4O3/c1-30-21(29)12-5-6-13(25-9-12)7-14-8-19(16(11-26-14)20(24)28)27-10-15-17(22)3-2-4-18(15)23/h2-6,8-9,11H,7,10H2,1H3,(H2,24,28)(H,26,27). The summed E-state index contributed by atoms with van der Waals surface area (Å²) in [6.45, 7) is -0.186. The monoisotopic (exact) mass is 412 g/mol. The maximum atomic E-state index is 13.9. The number of rotatable bonds is 7. The number of carbonyl (C=O) groups is 2. The Labute approximate surface area is 170 Å². The summed E-state index contributed by atoms with van der Waals surface area (Å²) in [7, 11) is 1.28. The topological polar surface area (TPSA) is 107 Å². The summed E-state index contributed by atoms with van der Waals surface area (Å²) in [6, 6.07) is 8.36. The summed E-state index contributed by atoms with van der Waals surface area (Å²) in [6.07, 6.45) is 2.98. The summed E-state index contributed by atoms with van der Waals surface area (Å²) in [5, 5.41) is 2.85. The van der Waals surface area contributed by atoms with Crippen LogP contribution in [0.3, 0.4) is 0 Å². The minimum absolute atomic E-state index is 0.0875. The molecule has 0 radical (unpaired) electrons. The molecule has 0 aliphatic carbocycles. The zero-order valence-corrected chi connectivity index (χ0v) is 16.0. The Bertz CT molecular complexity index is 1070. The third kappa shape index (κ3) is 4.75. The van der Waals surface area contributed by atoms with Gasteiger partial charge >= 0.3 is 5.97 Å². The van der Waals surface area contributed by atoms with Gasteiger partial charge in [-0.3, -0.25) is 14.8 Å². The maximum Gasteiger partial charge on any atom is 0.339 e. The van der Waals surface area contributed by atoms with Crippen molar-refractivity contribution in [2.75, 3.05) is 12.4 Å². The van der Waals surface area contributed by atoms with Gasteiger partial charge in [0.15, 0.2) is 0 Å². The minimum Gasteiger partial charge on any atom is -0.465 e. The van der Waals surface area contributed by atoms with Gasteiger partial charge < -0.3 is 15.8 Å². The van der Waals surface area contributed by atoms with E-state index in [9.17, 15) is 18.4 Å². The van der Waals surface area contributed by atoms with Crippen molar-refractivity contribution in [3.05, 3.63) is 88.5 Å². The molecular formula is C21H18F2N4O3. The van der Waals surface area contributed by atoms with Crippen molar-refractivity contribution < 1.29 is 23.1 Å². The van der Waals surface area contributed by atoms with E-state index in [1.54, 1.807) is 18.2 Å². The average molecular weight is 412 g/mol. The summed E-state index contributed by atoms with van der Waals surface area (Å²) in [4.78, 5) is 31.6. The minimum atomic E-state index is -0.730. The highest BCUT2D eigenvalue weighted by atomic mass is 19.1. The molecule has 1 aromatic carbocycles. The SMILES string of the molecule is COC(=O)c1ccc(Cc2cc(NCc3c(F)cccc3F)c(C(N)=O)cn2)nc1. The van der Waals surface area contributed by atoms with E-state index in [4.69, 9.17) is 5.73 Å². The molecule has 0 unspecified atom stereocenters. The van der Waals surface area contributed by atoms with Crippen LogP contribution in [-0.2, 0) is 17.7 Å². The predicted molar refractivity (Wildman–Crippen MR) is 105 cm³/mol. The molecule has 0 aliphatic heterocycles. The number of methoxy groups -OCH3 is 1. The summed E-state index contributed by atoms with van der Waals surface area (Å²) in [5.41, 5.74) is 7.07. The molecule has 0 bridgehead atoms. The molecule has 30 heavy (non-hydrogen) atoms. The third-order valence-corrected chi connectivity index (χ3v) is 4.35. The first-order valence-electron chi connectivity index (χ1n) is 8.87. The van der Waals surface area contributed by atoms with Gasteiger partial charge in [-0.25, -0.2) is 13.6 Å². The second kappa shape index (κ2) is 9.08. The van der Waals surface area contributed by atoms with Gasteiger partial charge in [-0.2, -0.15) is 0 Å². The van der Waals surface area contributed by atoms with Gasteiger partial charge in [0, 0.05) is 42.3 Å². The Kier molecular flexibility index (Phi) is 6.31. The number of carbonyl (C=O) groups excluding carboxylic acids is 2. The summed E-state index contributed by atoms with van der Waals surface area (Å²) < 4.78 is 32.4. The highest BCUT2D eigenvalue weighted by Crippen LogP contribution is 2.20. The molecule has 3 N–H and O–H groups in total. The first kappa shape index (κ1) is 20.8. The van der Waals surface area contributed by atoms with Gasteiger partial charge in [-0.05, 0) is 30.3 Å². The number of pyridine rings is 2. The van der Waals surface area contributed by atoms with E-state index >= 15 is 0 Å². The summed E-state index contributed by atoms with van der Waals surface area (Å²) in [5.74, 6) is -2.63. The Morgan fingerprint density at radius 1 is 1.07 bits per heavy atom. The molecule has 9 heteroatoms. The van der Waals surface area contributed by atoms with Crippen molar-refractivity contribution >= 4 is 17.6 Å². The van der Waals surface area contributed by atoms with Crippen LogP contribution in [0, 0.1) is 11.6 Å². The maximum absolute atomic E-state index is 13.9. The van der Waals surface area contributed by atoms with Crippen LogP contribution in [0.1, 0.15) is 37.7 Å². The first-order valence-corrected chi connectivity index (χ1v) is 8.87. The first-order chi connectivity index (χ1) is 14.4. The zero-order valence-electron chi connectivity index (χ0n) is 16.0. The van der Waals surface area contributed by atoms with Crippen LogP contribution in [0.15, 0.2) is 48.8 Å². The van der Waals surface area contributed by atoms with Crippen LogP contribution in [-0.4, -0.2) is 29.0 Å². The number of aromatic nitrogens is 2. The Balaban J connectivity index is 1.82. The molecule has 1 amide bonds. The molecule has 3 aromatic rings. The third-order valence-electron chi connectivity index (χ3n) is 4.35. The van der Waals surface area contributed by atoms with E-state index in [1.807, 2.05) is 0 Å². The molecule has 3 rings (SSSR count). The molecule has 0 aliphatic rings. The number of primary amides is 1. The molecule has 0 spiro atoms. The number of anilines is 1. The van der Waals surface area contributed by atoms with Gasteiger partial charge in [0.2, 0.25) is 0 Å². The van der Waals surface area contributed by atoms with Crippen molar-refractivity contribution in [1.82, 2.24) is 9.97 Å². The smallest absolute Gasteiger partial charge is 0.339 e. The van der Waals surface area contributed by atoms with Crippen LogP contribution in [0.5, 0.6) is 0 Å². The van der Waals surface area contributed by atoms with Gasteiger partial charge in [-0.1, -0.05) is 6.07 Å². The van der Waals surface area contributed by atoms with E-state index in [2.05, 4.69) is 20.0 Å². The van der Waals surface area contributed by atoms with E-state index in [1.165, 1.54) is 25.6 Å². The fraction of sp³-hybridized carbons (Fsp3) is 0.143. The number of nitrogens with one attached hydrogen (secondary N) is 1. The molecule has 2 heterocycles. The highest BCUT2D eigenvalue weighted by Gasteiger charge is 2.14. The van der Waals surface area contributed by atoms with Crippen LogP contribution in [0.4, 0.5) is 14.5 Å².